The maximum absolute atomic E-state index is 14.0. The molecular weight excluding hydrogens is 594 g/mol. The average Bonchev–Trinajstić information content (AvgIpc) is 3.55. The molecule has 5 nitrogen and oxygen atoms in total. The molecule has 0 aromatic heterocycles. The summed E-state index contributed by atoms with van der Waals surface area (Å²) in [6.45, 7) is 3.78. The molecule has 1 aliphatic carbocycles. The largest absolute Gasteiger partial charge is 0.416 e. The van der Waals surface area contributed by atoms with Gasteiger partial charge in [-0.1, -0.05) is 67.4 Å². The number of fused-ring (bicyclic) bond motifs is 1. The molecule has 0 atom stereocenters. The van der Waals surface area contributed by atoms with Crippen LogP contribution in [0.2, 0.25) is 0 Å². The molecule has 6 rings (SSSR count). The minimum Gasteiger partial charge on any atom is -0.382 e. The first-order chi connectivity index (χ1) is 22.1. The first-order valence-corrected chi connectivity index (χ1v) is 15.4. The van der Waals surface area contributed by atoms with Crippen molar-refractivity contribution in [1.82, 2.24) is 0 Å². The monoisotopic (exact) mass is 633 g/mol. The fourth-order valence-corrected chi connectivity index (χ4v) is 5.71. The molecule has 242 valence electrons. The molecule has 46 heavy (non-hydrogen) atoms. The van der Waals surface area contributed by atoms with Crippen molar-refractivity contribution < 1.29 is 27.2 Å². The third kappa shape index (κ3) is 9.19. The van der Waals surface area contributed by atoms with Crippen molar-refractivity contribution in [2.45, 2.75) is 64.6 Å². The quantitative estimate of drug-likeness (QED) is 0.170. The van der Waals surface area contributed by atoms with Crippen molar-refractivity contribution in [3.05, 3.63) is 125 Å². The third-order valence-electron chi connectivity index (χ3n) is 8.06. The topological polar surface area (TPSA) is 61.4 Å². The number of amides is 2. The molecule has 9 heteroatoms. The molecule has 2 aliphatic rings. The van der Waals surface area contributed by atoms with Gasteiger partial charge in [0.05, 0.1) is 11.1 Å². The number of benzene rings is 4. The summed E-state index contributed by atoms with van der Waals surface area (Å²) in [6, 6.07) is 27.5. The van der Waals surface area contributed by atoms with Gasteiger partial charge < -0.3 is 15.5 Å². The summed E-state index contributed by atoms with van der Waals surface area (Å²) in [6.07, 6.45) is 3.31. The molecule has 1 heterocycles. The van der Waals surface area contributed by atoms with Crippen LogP contribution in [0.4, 0.5) is 34.6 Å². The number of anilines is 3. The van der Waals surface area contributed by atoms with Crippen molar-refractivity contribution in [3.8, 4) is 0 Å². The smallest absolute Gasteiger partial charge is 0.382 e. The lowest BCUT2D eigenvalue weighted by atomic mass is 9.99. The van der Waals surface area contributed by atoms with Gasteiger partial charge in [-0.3, -0.25) is 9.59 Å². The number of aryl methyl sites for hydroxylation is 3. The van der Waals surface area contributed by atoms with E-state index in [0.29, 0.717) is 18.5 Å². The number of halogens is 4. The number of alkyl halides is 3. The number of para-hydroxylation sites is 2. The lowest BCUT2D eigenvalue weighted by molar-refractivity contribution is -0.138. The Morgan fingerprint density at radius 2 is 1.52 bits per heavy atom. The van der Waals surface area contributed by atoms with Crippen molar-refractivity contribution in [2.24, 2.45) is 0 Å². The van der Waals surface area contributed by atoms with E-state index in [9.17, 15) is 27.2 Å². The number of hydrogen-bond acceptors (Lipinski definition) is 3. The van der Waals surface area contributed by atoms with Crippen LogP contribution in [0, 0.1) is 19.7 Å². The summed E-state index contributed by atoms with van der Waals surface area (Å²) in [7, 11) is 0. The second-order valence-electron chi connectivity index (χ2n) is 11.4. The Labute approximate surface area is 267 Å². The summed E-state index contributed by atoms with van der Waals surface area (Å²) in [5, 5.41) is 5.71. The lowest BCUT2D eigenvalue weighted by Crippen LogP contribution is -2.36. The number of rotatable bonds is 5. The molecule has 0 saturated heterocycles. The van der Waals surface area contributed by atoms with Gasteiger partial charge in [0, 0.05) is 29.6 Å². The summed E-state index contributed by atoms with van der Waals surface area (Å²) >= 11 is 0. The van der Waals surface area contributed by atoms with Gasteiger partial charge in [0.1, 0.15) is 5.82 Å². The minimum atomic E-state index is -4.38. The maximum atomic E-state index is 14.0. The van der Waals surface area contributed by atoms with Crippen molar-refractivity contribution in [1.29, 1.82) is 0 Å². The van der Waals surface area contributed by atoms with Gasteiger partial charge in [0.25, 0.3) is 5.91 Å². The van der Waals surface area contributed by atoms with Crippen LogP contribution in [-0.2, 0) is 17.4 Å². The van der Waals surface area contributed by atoms with Crippen LogP contribution in [0.5, 0.6) is 0 Å². The van der Waals surface area contributed by atoms with Crippen molar-refractivity contribution >= 4 is 29.4 Å². The van der Waals surface area contributed by atoms with Crippen LogP contribution in [0.25, 0.3) is 0 Å². The third-order valence-corrected chi connectivity index (χ3v) is 8.06. The van der Waals surface area contributed by atoms with Gasteiger partial charge in [-0.15, -0.1) is 0 Å². The summed E-state index contributed by atoms with van der Waals surface area (Å²) in [4.78, 5) is 24.4. The Morgan fingerprint density at radius 3 is 2.20 bits per heavy atom. The van der Waals surface area contributed by atoms with Crippen molar-refractivity contribution in [3.63, 3.8) is 0 Å². The zero-order chi connectivity index (χ0) is 33.1. The van der Waals surface area contributed by atoms with E-state index >= 15 is 0 Å². The Bertz CT molecular complexity index is 1580. The highest BCUT2D eigenvalue weighted by atomic mass is 19.4. The molecule has 1 saturated carbocycles. The second-order valence-corrected chi connectivity index (χ2v) is 11.4. The van der Waals surface area contributed by atoms with Crippen LogP contribution in [-0.4, -0.2) is 24.9 Å². The maximum Gasteiger partial charge on any atom is 0.416 e. The van der Waals surface area contributed by atoms with Gasteiger partial charge in [-0.25, -0.2) is 4.39 Å². The van der Waals surface area contributed by atoms with E-state index in [0.717, 1.165) is 36.2 Å². The Kier molecular flexibility index (Phi) is 11.9. The molecule has 2 amide bonds. The van der Waals surface area contributed by atoms with E-state index in [4.69, 9.17) is 0 Å². The Hall–Kier alpha value is -4.66. The number of nitrogens with zero attached hydrogens (tertiary/aromatic N) is 1. The van der Waals surface area contributed by atoms with E-state index in [1.165, 1.54) is 56.5 Å². The normalized spacial score (nSPS) is 14.2. The first kappa shape index (κ1) is 34.2. The summed E-state index contributed by atoms with van der Waals surface area (Å²) < 4.78 is 51.0. The van der Waals surface area contributed by atoms with Gasteiger partial charge in [-0.05, 0) is 92.6 Å². The van der Waals surface area contributed by atoms with E-state index in [2.05, 4.69) is 41.0 Å². The van der Waals surface area contributed by atoms with E-state index in [-0.39, 0.29) is 22.7 Å². The first-order valence-electron chi connectivity index (χ1n) is 15.4. The molecule has 2 N–H and O–H groups in total. The fraction of sp³-hybridized carbons (Fsp3) is 0.297. The van der Waals surface area contributed by atoms with E-state index in [1.807, 2.05) is 24.3 Å². The highest BCUT2D eigenvalue weighted by Gasteiger charge is 2.32. The SMILES string of the molecule is Cc1ccc(NC=O)cc1C(F)(F)F.Cc1cccc(F)c1C(=O)N1CCCc2ccccc21.c1ccc(NC2CCCC2)cc1. The summed E-state index contributed by atoms with van der Waals surface area (Å²) in [5.74, 6) is -0.689. The molecule has 4 aromatic carbocycles. The predicted molar refractivity (Wildman–Crippen MR) is 176 cm³/mol. The highest BCUT2D eigenvalue weighted by molar-refractivity contribution is 6.07. The molecule has 1 fully saturated rings. The van der Waals surface area contributed by atoms with Crippen LogP contribution in [0.15, 0.2) is 91.0 Å². The van der Waals surface area contributed by atoms with E-state index < -0.39 is 17.6 Å². The van der Waals surface area contributed by atoms with Gasteiger partial charge in [-0.2, -0.15) is 13.2 Å². The number of carbonyl (C=O) groups excluding carboxylic acids is 2. The minimum absolute atomic E-state index is 0.133. The molecule has 0 bridgehead atoms. The van der Waals surface area contributed by atoms with E-state index in [1.54, 1.807) is 24.0 Å². The Balaban J connectivity index is 0.000000163. The average molecular weight is 634 g/mol. The molecule has 4 aromatic rings. The standard InChI is InChI=1S/C17H16FNO.C11H15N.C9H8F3NO/c1-12-6-4-9-14(18)16(12)17(20)19-11-5-8-13-7-2-3-10-15(13)19;1-2-6-10(7-3-1)12-11-8-4-5-9-11;1-6-2-3-7(13-5-14)4-8(6)9(10,11)12/h2-4,6-7,9-10H,5,8,11H2,1H3;1-3,6-7,11-12H,4-5,8-9H2;2-5H,1H3,(H,13,14). The predicted octanol–water partition coefficient (Wildman–Crippen LogP) is 9.35. The second kappa shape index (κ2) is 16.1. The Morgan fingerprint density at radius 1 is 0.826 bits per heavy atom. The van der Waals surface area contributed by atoms with Crippen LogP contribution in [0.3, 0.4) is 0 Å². The zero-order valence-corrected chi connectivity index (χ0v) is 26.0. The molecule has 0 radical (unpaired) electrons. The van der Waals surface area contributed by atoms with Gasteiger partial charge in [0.2, 0.25) is 6.41 Å². The van der Waals surface area contributed by atoms with Crippen LogP contribution < -0.4 is 15.5 Å². The van der Waals surface area contributed by atoms with Gasteiger partial charge in [0.15, 0.2) is 0 Å². The number of hydrogen-bond donors (Lipinski definition) is 2. The number of carbonyl (C=O) groups is 2. The zero-order valence-electron chi connectivity index (χ0n) is 26.0. The molecule has 0 spiro atoms. The number of nitrogens with one attached hydrogen (secondary N) is 2. The molecule has 0 unspecified atom stereocenters. The fourth-order valence-electron chi connectivity index (χ4n) is 5.71. The van der Waals surface area contributed by atoms with Crippen LogP contribution in [0.1, 0.15) is 64.7 Å². The summed E-state index contributed by atoms with van der Waals surface area (Å²) in [5.41, 5.74) is 3.73. The van der Waals surface area contributed by atoms with Crippen LogP contribution >= 0.6 is 0 Å². The lowest BCUT2D eigenvalue weighted by Gasteiger charge is -2.30. The van der Waals surface area contributed by atoms with Crippen molar-refractivity contribution in [2.75, 3.05) is 22.1 Å². The highest BCUT2D eigenvalue weighted by Crippen LogP contribution is 2.33. The molecule has 1 aliphatic heterocycles. The molecular formula is C37H39F4N3O2. The van der Waals surface area contributed by atoms with Gasteiger partial charge >= 0.3 is 6.18 Å².